The van der Waals surface area contributed by atoms with E-state index in [0.717, 1.165) is 0 Å². The second-order valence-corrected chi connectivity index (χ2v) is 12.2. The van der Waals surface area contributed by atoms with Gasteiger partial charge in [-0.2, -0.15) is 0 Å². The van der Waals surface area contributed by atoms with Gasteiger partial charge in [0.2, 0.25) is 11.7 Å². The van der Waals surface area contributed by atoms with E-state index >= 15 is 0 Å². The molecule has 51 heavy (non-hydrogen) atoms. The summed E-state index contributed by atoms with van der Waals surface area (Å²) in [6, 6.07) is 13.9. The van der Waals surface area contributed by atoms with Gasteiger partial charge in [-0.3, -0.25) is 33.8 Å². The Hall–Kier alpha value is -5.39. The summed E-state index contributed by atoms with van der Waals surface area (Å²) in [6.45, 7) is -0.641. The lowest BCUT2D eigenvalue weighted by Gasteiger charge is -2.18. The van der Waals surface area contributed by atoms with Crippen molar-refractivity contribution in [1.82, 2.24) is 5.32 Å². The molecule has 0 radical (unpaired) electrons. The first-order chi connectivity index (χ1) is 24.2. The molecule has 1 aliphatic heterocycles. The van der Waals surface area contributed by atoms with Gasteiger partial charge < -0.3 is 45.1 Å². The number of carbonyl (C=O) groups excluding carboxylic acids is 3. The van der Waals surface area contributed by atoms with Crippen molar-refractivity contribution in [2.75, 3.05) is 44.4 Å². The van der Waals surface area contributed by atoms with Crippen LogP contribution in [0.15, 0.2) is 60.7 Å². The first kappa shape index (κ1) is 38.4. The predicted octanol–water partition coefficient (Wildman–Crippen LogP) is 1.97. The number of phosphoric acid groups is 1. The highest BCUT2D eigenvalue weighted by atomic mass is 31.2. The Morgan fingerprint density at radius 3 is 2.10 bits per heavy atom. The zero-order valence-electron chi connectivity index (χ0n) is 27.0. The maximum absolute atomic E-state index is 12.9. The number of carboxylic acid groups (broad SMARTS) is 1. The molecule has 1 aliphatic rings. The average Bonchev–Trinajstić information content (AvgIpc) is 3.54. The summed E-state index contributed by atoms with van der Waals surface area (Å²) in [4.78, 5) is 78.9. The normalized spacial score (nSPS) is 12.8. The van der Waals surface area contributed by atoms with Crippen LogP contribution in [-0.2, 0) is 29.9 Å². The number of carbonyl (C=O) groups is 4. The molecule has 4 rings (SSSR count). The van der Waals surface area contributed by atoms with Crippen molar-refractivity contribution in [2.45, 2.75) is 25.3 Å². The molecule has 3 aromatic rings. The number of nitrogens with zero attached hydrogens (tertiary/aromatic N) is 2. The fourth-order valence-electron chi connectivity index (χ4n) is 4.98. The molecule has 0 aromatic heterocycles. The number of nitro benzene ring substituents is 1. The van der Waals surface area contributed by atoms with Crippen LogP contribution >= 0.6 is 7.82 Å². The number of carboxylic acids is 1. The highest BCUT2D eigenvalue weighted by Gasteiger charge is 2.32. The van der Waals surface area contributed by atoms with E-state index in [1.807, 2.05) is 0 Å². The molecule has 19 heteroatoms. The van der Waals surface area contributed by atoms with E-state index < -0.39 is 43.2 Å². The van der Waals surface area contributed by atoms with Crippen LogP contribution in [-0.4, -0.2) is 88.9 Å². The Morgan fingerprint density at radius 1 is 0.922 bits per heavy atom. The van der Waals surface area contributed by atoms with Crippen molar-refractivity contribution in [1.29, 1.82) is 0 Å². The number of phosphoric ester groups is 1. The third kappa shape index (κ3) is 11.1. The van der Waals surface area contributed by atoms with Crippen LogP contribution in [0.1, 0.15) is 34.3 Å². The maximum atomic E-state index is 12.9. The number of aliphatic carboxylic acids is 1. The second-order valence-electron chi connectivity index (χ2n) is 11.0. The Bertz CT molecular complexity index is 1800. The summed E-state index contributed by atoms with van der Waals surface area (Å²) in [5.41, 5.74) is 6.64. The van der Waals surface area contributed by atoms with Crippen LogP contribution in [0.4, 0.5) is 11.4 Å². The van der Waals surface area contributed by atoms with Crippen LogP contribution in [0.2, 0.25) is 0 Å². The van der Waals surface area contributed by atoms with Gasteiger partial charge in [0.15, 0.2) is 12.4 Å². The zero-order chi connectivity index (χ0) is 37.1. The van der Waals surface area contributed by atoms with Crippen LogP contribution in [0.25, 0.3) is 0 Å². The molecule has 272 valence electrons. The molecule has 0 aliphatic carbocycles. The monoisotopic (exact) mass is 730 g/mol. The van der Waals surface area contributed by atoms with Gasteiger partial charge in [-0.15, -0.1) is 0 Å². The summed E-state index contributed by atoms with van der Waals surface area (Å²) in [5.74, 6) is -1.79. The van der Waals surface area contributed by atoms with Gasteiger partial charge in [-0.1, -0.05) is 0 Å². The molecule has 0 spiro atoms. The van der Waals surface area contributed by atoms with Gasteiger partial charge >= 0.3 is 19.5 Å². The van der Waals surface area contributed by atoms with Gasteiger partial charge in [-0.25, -0.2) is 4.57 Å². The van der Waals surface area contributed by atoms with Crippen molar-refractivity contribution < 1.29 is 62.3 Å². The molecule has 0 bridgehead atoms. The zero-order valence-corrected chi connectivity index (χ0v) is 27.9. The molecule has 0 fully saturated rings. The SMILES string of the molecule is N[C@@H](CCC(=O)N1CCc2c1ccc([N+](=O)[O-])c2OCC(=O)NCCOc1ccc(C(=O)c2ccc(OCCOP(=O)(O)O)cc2)cc1)C(=O)O. The smallest absolute Gasteiger partial charge is 0.469 e. The number of hydrogen-bond donors (Lipinski definition) is 5. The van der Waals surface area contributed by atoms with Crippen LogP contribution in [0, 0.1) is 10.1 Å². The van der Waals surface area contributed by atoms with Crippen molar-refractivity contribution in [2.24, 2.45) is 5.73 Å². The Labute approximate surface area is 290 Å². The molecule has 2 amide bonds. The molecule has 0 saturated carbocycles. The largest absolute Gasteiger partial charge is 0.492 e. The topological polar surface area (TPSA) is 267 Å². The third-order valence-electron chi connectivity index (χ3n) is 7.46. The van der Waals surface area contributed by atoms with Crippen molar-refractivity contribution in [3.63, 3.8) is 0 Å². The molecule has 18 nitrogen and oxygen atoms in total. The lowest BCUT2D eigenvalue weighted by molar-refractivity contribution is -0.385. The third-order valence-corrected chi connectivity index (χ3v) is 7.98. The molecule has 1 heterocycles. The molecule has 6 N–H and O–H groups in total. The minimum absolute atomic E-state index is 0.0587. The summed E-state index contributed by atoms with van der Waals surface area (Å²) in [5, 5.41) is 23.2. The van der Waals surface area contributed by atoms with Gasteiger partial charge in [0.25, 0.3) is 5.91 Å². The van der Waals surface area contributed by atoms with E-state index in [4.69, 9.17) is 34.8 Å². The van der Waals surface area contributed by atoms with Crippen molar-refractivity contribution in [3.05, 3.63) is 87.5 Å². The van der Waals surface area contributed by atoms with Crippen LogP contribution in [0.3, 0.4) is 0 Å². The fraction of sp³-hybridized carbons (Fsp3) is 0.312. The van der Waals surface area contributed by atoms with E-state index in [-0.39, 0.29) is 69.4 Å². The predicted molar refractivity (Wildman–Crippen MR) is 178 cm³/mol. The first-order valence-corrected chi connectivity index (χ1v) is 17.0. The van der Waals surface area contributed by atoms with Crippen LogP contribution in [0.5, 0.6) is 17.2 Å². The average molecular weight is 731 g/mol. The number of fused-ring (bicyclic) bond motifs is 1. The van der Waals surface area contributed by atoms with E-state index in [9.17, 15) is 33.9 Å². The summed E-state index contributed by atoms with van der Waals surface area (Å²) in [7, 11) is -4.58. The summed E-state index contributed by atoms with van der Waals surface area (Å²) < 4.78 is 31.5. The highest BCUT2D eigenvalue weighted by Crippen LogP contribution is 2.42. The first-order valence-electron chi connectivity index (χ1n) is 15.4. The van der Waals surface area contributed by atoms with E-state index in [1.165, 1.54) is 29.2 Å². The number of amides is 2. The number of nitrogens with two attached hydrogens (primary N) is 1. The fourth-order valence-corrected chi connectivity index (χ4v) is 5.29. The van der Waals surface area contributed by atoms with Crippen molar-refractivity contribution in [3.8, 4) is 17.2 Å². The lowest BCUT2D eigenvalue weighted by atomic mass is 10.0. The Balaban J connectivity index is 1.22. The molecule has 0 unspecified atom stereocenters. The quantitative estimate of drug-likeness (QED) is 0.0388. The maximum Gasteiger partial charge on any atom is 0.469 e. The number of benzene rings is 3. The second kappa shape index (κ2) is 17.5. The molecule has 0 saturated heterocycles. The Morgan fingerprint density at radius 2 is 1.53 bits per heavy atom. The molecule has 1 atom stereocenters. The van der Waals surface area contributed by atoms with Gasteiger partial charge in [0.05, 0.1) is 23.8 Å². The number of nitro groups is 1. The number of anilines is 1. The standard InChI is InChI=1S/C32H35N4O14P/c33-25(32(40)41)9-12-29(38)35-15-13-24-26(35)10-11-27(36(42)43)31(24)49-19-28(37)34-14-16-47-22-5-1-20(2-6-22)30(39)21-3-7-23(8-4-21)48-17-18-50-51(44,45)46/h1-8,10-11,25H,9,12-19,33H2,(H,34,37)(H,40,41)(H2,44,45,46)/t25-/m0/s1. The van der Waals surface area contributed by atoms with Gasteiger partial charge in [0.1, 0.15) is 30.8 Å². The van der Waals surface area contributed by atoms with Gasteiger partial charge in [0, 0.05) is 35.7 Å². The van der Waals surface area contributed by atoms with Gasteiger partial charge in [-0.05, 0) is 67.4 Å². The summed E-state index contributed by atoms with van der Waals surface area (Å²) >= 11 is 0. The number of ether oxygens (including phenoxy) is 3. The molecular formula is C32H35N4O14P. The van der Waals surface area contributed by atoms with E-state index in [2.05, 4.69) is 9.84 Å². The van der Waals surface area contributed by atoms with E-state index in [1.54, 1.807) is 36.4 Å². The number of ketones is 1. The Kier molecular flexibility index (Phi) is 13.2. The van der Waals surface area contributed by atoms with Crippen molar-refractivity contribution >= 4 is 42.8 Å². The minimum Gasteiger partial charge on any atom is -0.492 e. The van der Waals surface area contributed by atoms with E-state index in [0.29, 0.717) is 33.9 Å². The number of hydrogen-bond acceptors (Lipinski definition) is 12. The molecule has 3 aromatic carbocycles. The number of nitrogens with one attached hydrogen (secondary N) is 1. The lowest BCUT2D eigenvalue weighted by Crippen LogP contribution is -2.34. The summed E-state index contributed by atoms with van der Waals surface area (Å²) in [6.07, 6.45) is 0.0161. The highest BCUT2D eigenvalue weighted by molar-refractivity contribution is 7.46. The number of rotatable bonds is 19. The van der Waals surface area contributed by atoms with Crippen LogP contribution < -0.4 is 30.2 Å². The molecular weight excluding hydrogens is 695 g/mol. The minimum atomic E-state index is -4.58.